The number of hydrogen-bond acceptors (Lipinski definition) is 3. The van der Waals surface area contributed by atoms with Gasteiger partial charge in [-0.25, -0.2) is 8.42 Å². The van der Waals surface area contributed by atoms with Crippen LogP contribution in [0.15, 0.2) is 22.7 Å². The molecule has 1 aromatic rings. The number of aryl methyl sites for hydroxylation is 1. The van der Waals surface area contributed by atoms with Gasteiger partial charge < -0.3 is 5.32 Å². The molecule has 0 aliphatic heterocycles. The van der Waals surface area contributed by atoms with Gasteiger partial charge in [0.1, 0.15) is 9.84 Å². The van der Waals surface area contributed by atoms with E-state index >= 15 is 0 Å². The fraction of sp³-hybridized carbons (Fsp3) is 0.538. The van der Waals surface area contributed by atoms with E-state index in [0.29, 0.717) is 6.42 Å². The maximum Gasteiger partial charge on any atom is 0.147 e. The molecule has 18 heavy (non-hydrogen) atoms. The molecule has 0 saturated heterocycles. The van der Waals surface area contributed by atoms with Crippen molar-refractivity contribution in [2.45, 2.75) is 25.8 Å². The van der Waals surface area contributed by atoms with Crippen LogP contribution in [0, 0.1) is 6.92 Å². The number of rotatable bonds is 6. The fourth-order valence-electron chi connectivity index (χ4n) is 2.04. The molecule has 0 aromatic heterocycles. The molecule has 0 radical (unpaired) electrons. The third kappa shape index (κ3) is 5.08. The summed E-state index contributed by atoms with van der Waals surface area (Å²) >= 11 is 3.45. The molecule has 0 bridgehead atoms. The second kappa shape index (κ2) is 6.68. The van der Waals surface area contributed by atoms with Crippen molar-refractivity contribution in [3.05, 3.63) is 33.8 Å². The topological polar surface area (TPSA) is 46.2 Å². The molecule has 1 unspecified atom stereocenters. The van der Waals surface area contributed by atoms with Gasteiger partial charge in [-0.3, -0.25) is 0 Å². The standard InChI is InChI=1S/C13H20BrNO2S/c1-10-9-11(14)6-7-12(10)13(15-2)5-4-8-18(3,16)17/h6-7,9,13,15H,4-5,8H2,1-3H3. The first-order chi connectivity index (χ1) is 8.33. The lowest BCUT2D eigenvalue weighted by molar-refractivity contribution is 0.534. The van der Waals surface area contributed by atoms with E-state index in [-0.39, 0.29) is 11.8 Å². The van der Waals surface area contributed by atoms with Crippen LogP contribution in [-0.4, -0.2) is 27.5 Å². The summed E-state index contributed by atoms with van der Waals surface area (Å²) in [7, 11) is -0.953. The van der Waals surface area contributed by atoms with Gasteiger partial charge >= 0.3 is 0 Å². The lowest BCUT2D eigenvalue weighted by atomic mass is 9.98. The molecule has 5 heteroatoms. The zero-order chi connectivity index (χ0) is 13.8. The van der Waals surface area contributed by atoms with Crippen molar-refractivity contribution < 1.29 is 8.42 Å². The van der Waals surface area contributed by atoms with Gasteiger partial charge in [-0.2, -0.15) is 0 Å². The molecule has 0 spiro atoms. The van der Waals surface area contributed by atoms with Crippen LogP contribution < -0.4 is 5.32 Å². The van der Waals surface area contributed by atoms with E-state index in [4.69, 9.17) is 0 Å². The predicted molar refractivity (Wildman–Crippen MR) is 79.6 cm³/mol. The third-order valence-corrected chi connectivity index (χ3v) is 4.49. The van der Waals surface area contributed by atoms with E-state index in [2.05, 4.69) is 40.3 Å². The summed E-state index contributed by atoms with van der Waals surface area (Å²) in [5.41, 5.74) is 2.44. The summed E-state index contributed by atoms with van der Waals surface area (Å²) in [6, 6.07) is 6.39. The lowest BCUT2D eigenvalue weighted by Crippen LogP contribution is -2.18. The normalized spacial score (nSPS) is 13.6. The third-order valence-electron chi connectivity index (χ3n) is 2.96. The molecule has 0 saturated carbocycles. The van der Waals surface area contributed by atoms with Gasteiger partial charge in [0, 0.05) is 22.5 Å². The average molecular weight is 334 g/mol. The number of benzene rings is 1. The molecular formula is C13H20BrNO2S. The quantitative estimate of drug-likeness (QED) is 0.870. The highest BCUT2D eigenvalue weighted by Gasteiger charge is 2.13. The monoisotopic (exact) mass is 333 g/mol. The first-order valence-electron chi connectivity index (χ1n) is 5.94. The van der Waals surface area contributed by atoms with Crippen molar-refractivity contribution in [1.82, 2.24) is 5.32 Å². The molecule has 0 fully saturated rings. The summed E-state index contributed by atoms with van der Waals surface area (Å²) in [5, 5.41) is 3.25. The molecule has 0 amide bonds. The largest absolute Gasteiger partial charge is 0.313 e. The number of hydrogen-bond donors (Lipinski definition) is 1. The SMILES string of the molecule is CNC(CCCS(C)(=O)=O)c1ccc(Br)cc1C. The van der Waals surface area contributed by atoms with Crippen LogP contribution >= 0.6 is 15.9 Å². The number of nitrogens with one attached hydrogen (secondary N) is 1. The van der Waals surface area contributed by atoms with E-state index < -0.39 is 9.84 Å². The Morgan fingerprint density at radius 2 is 2.06 bits per heavy atom. The van der Waals surface area contributed by atoms with Gasteiger partial charge in [0.25, 0.3) is 0 Å². The summed E-state index contributed by atoms with van der Waals surface area (Å²) in [6.07, 6.45) is 2.79. The summed E-state index contributed by atoms with van der Waals surface area (Å²) in [6.45, 7) is 2.07. The zero-order valence-corrected chi connectivity index (χ0v) is 13.4. The molecule has 1 atom stereocenters. The molecule has 0 heterocycles. The highest BCUT2D eigenvalue weighted by atomic mass is 79.9. The van der Waals surface area contributed by atoms with Crippen LogP contribution in [-0.2, 0) is 9.84 Å². The maximum absolute atomic E-state index is 11.1. The van der Waals surface area contributed by atoms with Crippen LogP contribution in [0.25, 0.3) is 0 Å². The highest BCUT2D eigenvalue weighted by Crippen LogP contribution is 2.24. The van der Waals surface area contributed by atoms with Crippen LogP contribution in [0.5, 0.6) is 0 Å². The average Bonchev–Trinajstić information content (AvgIpc) is 2.24. The maximum atomic E-state index is 11.1. The first kappa shape index (κ1) is 15.7. The Hall–Kier alpha value is -0.390. The molecular weight excluding hydrogens is 314 g/mol. The van der Waals surface area contributed by atoms with Crippen LogP contribution in [0.2, 0.25) is 0 Å². The van der Waals surface area contributed by atoms with Crippen molar-refractivity contribution in [3.8, 4) is 0 Å². The number of sulfone groups is 1. The second-order valence-electron chi connectivity index (χ2n) is 4.61. The number of halogens is 1. The van der Waals surface area contributed by atoms with Crippen molar-refractivity contribution in [3.63, 3.8) is 0 Å². The van der Waals surface area contributed by atoms with E-state index in [1.807, 2.05) is 13.1 Å². The van der Waals surface area contributed by atoms with E-state index in [9.17, 15) is 8.42 Å². The Morgan fingerprint density at radius 3 is 2.56 bits per heavy atom. The molecule has 1 N–H and O–H groups in total. The van der Waals surface area contributed by atoms with Crippen molar-refractivity contribution in [1.29, 1.82) is 0 Å². The van der Waals surface area contributed by atoms with E-state index in [1.165, 1.54) is 17.4 Å². The Balaban J connectivity index is 2.71. The Bertz CT molecular complexity index is 500. The van der Waals surface area contributed by atoms with Gasteiger partial charge in [0.15, 0.2) is 0 Å². The minimum Gasteiger partial charge on any atom is -0.313 e. The summed E-state index contributed by atoms with van der Waals surface area (Å²) in [4.78, 5) is 0. The Kier molecular flexibility index (Phi) is 5.82. The van der Waals surface area contributed by atoms with Gasteiger partial charge in [-0.05, 0) is 50.1 Å². The minimum atomic E-state index is -2.86. The van der Waals surface area contributed by atoms with Crippen LogP contribution in [0.4, 0.5) is 0 Å². The van der Waals surface area contributed by atoms with Crippen molar-refractivity contribution in [2.75, 3.05) is 19.1 Å². The highest BCUT2D eigenvalue weighted by molar-refractivity contribution is 9.10. The Morgan fingerprint density at radius 1 is 1.39 bits per heavy atom. The zero-order valence-electron chi connectivity index (χ0n) is 11.0. The fourth-order valence-corrected chi connectivity index (χ4v) is 3.20. The predicted octanol–water partition coefficient (Wildman–Crippen LogP) is 2.84. The molecule has 0 aliphatic rings. The molecule has 1 aromatic carbocycles. The van der Waals surface area contributed by atoms with Crippen molar-refractivity contribution >= 4 is 25.8 Å². The van der Waals surface area contributed by atoms with Gasteiger partial charge in [0.2, 0.25) is 0 Å². The molecule has 3 nitrogen and oxygen atoms in total. The second-order valence-corrected chi connectivity index (χ2v) is 7.79. The van der Waals surface area contributed by atoms with Gasteiger partial charge in [0.05, 0.1) is 0 Å². The van der Waals surface area contributed by atoms with Crippen LogP contribution in [0.3, 0.4) is 0 Å². The van der Waals surface area contributed by atoms with Gasteiger partial charge in [-0.1, -0.05) is 22.0 Å². The van der Waals surface area contributed by atoms with E-state index in [0.717, 1.165) is 10.9 Å². The van der Waals surface area contributed by atoms with Crippen molar-refractivity contribution in [2.24, 2.45) is 0 Å². The molecule has 102 valence electrons. The van der Waals surface area contributed by atoms with E-state index in [1.54, 1.807) is 0 Å². The molecule has 0 aliphatic carbocycles. The Labute approximate surface area is 118 Å². The first-order valence-corrected chi connectivity index (χ1v) is 8.80. The lowest BCUT2D eigenvalue weighted by Gasteiger charge is -2.19. The minimum absolute atomic E-state index is 0.208. The van der Waals surface area contributed by atoms with Gasteiger partial charge in [-0.15, -0.1) is 0 Å². The summed E-state index contributed by atoms with van der Waals surface area (Å²) in [5.74, 6) is 0.251. The molecule has 1 rings (SSSR count). The summed E-state index contributed by atoms with van der Waals surface area (Å²) < 4.78 is 23.3. The van der Waals surface area contributed by atoms with Crippen LogP contribution in [0.1, 0.15) is 30.0 Å². The smallest absolute Gasteiger partial charge is 0.147 e.